The summed E-state index contributed by atoms with van der Waals surface area (Å²) in [4.78, 5) is 29.0. The summed E-state index contributed by atoms with van der Waals surface area (Å²) >= 11 is 11.8. The second-order valence-electron chi connectivity index (χ2n) is 8.04. The summed E-state index contributed by atoms with van der Waals surface area (Å²) in [7, 11) is -3.77. The third-order valence-corrected chi connectivity index (χ3v) is 8.04. The molecule has 1 atom stereocenters. The summed E-state index contributed by atoms with van der Waals surface area (Å²) in [6, 6.07) is 5.93. The van der Waals surface area contributed by atoms with Crippen molar-refractivity contribution in [3.8, 4) is 11.5 Å². The first-order valence-corrected chi connectivity index (χ1v) is 13.1. The molecule has 1 unspecified atom stereocenters. The van der Waals surface area contributed by atoms with Gasteiger partial charge in [-0.05, 0) is 38.0 Å². The Bertz CT molecular complexity index is 1230. The van der Waals surface area contributed by atoms with Crippen LogP contribution >= 0.6 is 23.2 Å². The van der Waals surface area contributed by atoms with Crippen LogP contribution in [0.4, 0.5) is 5.82 Å². The van der Waals surface area contributed by atoms with E-state index in [0.29, 0.717) is 29.7 Å². The van der Waals surface area contributed by atoms with Gasteiger partial charge in [0, 0.05) is 25.4 Å². The highest BCUT2D eigenvalue weighted by Crippen LogP contribution is 2.34. The molecule has 1 aromatic heterocycles. The predicted molar refractivity (Wildman–Crippen MR) is 127 cm³/mol. The Labute approximate surface area is 212 Å². The summed E-state index contributed by atoms with van der Waals surface area (Å²) in [5.41, 5.74) is 0. The summed E-state index contributed by atoms with van der Waals surface area (Å²) in [5, 5.41) is 2.95. The number of hydrogen-bond donors (Lipinski definition) is 1. The Balaban J connectivity index is 1.31. The molecule has 188 valence electrons. The van der Waals surface area contributed by atoms with Gasteiger partial charge < -0.3 is 19.5 Å². The molecule has 0 radical (unpaired) electrons. The predicted octanol–water partition coefficient (Wildman–Crippen LogP) is 3.13. The number of benzene rings is 1. The fourth-order valence-electron chi connectivity index (χ4n) is 3.71. The molecule has 1 aromatic carbocycles. The number of sulfonamides is 1. The lowest BCUT2D eigenvalue weighted by molar-refractivity contribution is -0.158. The molecule has 3 heterocycles. The smallest absolute Gasteiger partial charge is 0.309 e. The molecule has 0 bridgehead atoms. The number of esters is 1. The first-order chi connectivity index (χ1) is 16.6. The van der Waals surface area contributed by atoms with Crippen LogP contribution in [0, 0.1) is 5.92 Å². The number of aromatic nitrogens is 1. The van der Waals surface area contributed by atoms with Gasteiger partial charge in [0.05, 0.1) is 20.9 Å². The first-order valence-electron chi connectivity index (χ1n) is 10.9. The van der Waals surface area contributed by atoms with Crippen molar-refractivity contribution in [2.45, 2.75) is 30.8 Å². The van der Waals surface area contributed by atoms with Crippen LogP contribution in [0.25, 0.3) is 0 Å². The summed E-state index contributed by atoms with van der Waals surface area (Å²) < 4.78 is 43.7. The van der Waals surface area contributed by atoms with Crippen LogP contribution in [0.15, 0.2) is 35.4 Å². The highest BCUT2D eigenvalue weighted by Gasteiger charge is 2.34. The molecule has 0 saturated carbocycles. The number of carbonyl (C=O) groups is 2. The number of piperidine rings is 1. The third-order valence-electron chi connectivity index (χ3n) is 5.65. The molecule has 1 fully saturated rings. The molecule has 0 aliphatic carbocycles. The SMILES string of the molecule is CC(OC(=O)C1CCN(S(=O)(=O)c2ccc3c(c2)OCCO3)CC1)C(=O)Nc1ncc(Cl)cc1Cl. The summed E-state index contributed by atoms with van der Waals surface area (Å²) in [6.07, 6.45) is 0.755. The standard InChI is InChI=1S/C22H23Cl2N3O7S/c1-13(21(28)26-20-17(24)10-15(23)12-25-20)34-22(29)14-4-6-27(7-5-14)35(30,31)16-2-3-18-19(11-16)33-9-8-32-18/h2-3,10-14H,4-9H2,1H3,(H,25,26,28). The maximum atomic E-state index is 13.1. The van der Waals surface area contributed by atoms with E-state index in [-0.39, 0.29) is 41.7 Å². The van der Waals surface area contributed by atoms with Gasteiger partial charge in [-0.1, -0.05) is 23.2 Å². The van der Waals surface area contributed by atoms with Crippen molar-refractivity contribution in [3.63, 3.8) is 0 Å². The van der Waals surface area contributed by atoms with E-state index in [0.717, 1.165) is 0 Å². The van der Waals surface area contributed by atoms with Crippen molar-refractivity contribution in [3.05, 3.63) is 40.5 Å². The van der Waals surface area contributed by atoms with Crippen molar-refractivity contribution < 1.29 is 32.2 Å². The Kier molecular flexibility index (Phi) is 7.70. The maximum absolute atomic E-state index is 13.1. The normalized spacial score (nSPS) is 17.5. The van der Waals surface area contributed by atoms with Gasteiger partial charge in [0.2, 0.25) is 10.0 Å². The molecule has 2 aromatic rings. The molecule has 1 saturated heterocycles. The number of nitrogens with zero attached hydrogens (tertiary/aromatic N) is 2. The monoisotopic (exact) mass is 543 g/mol. The fourth-order valence-corrected chi connectivity index (χ4v) is 5.63. The zero-order valence-electron chi connectivity index (χ0n) is 18.7. The van der Waals surface area contributed by atoms with E-state index in [1.165, 1.54) is 35.6 Å². The molecular formula is C22H23Cl2N3O7S. The van der Waals surface area contributed by atoms with Gasteiger partial charge in [0.15, 0.2) is 23.4 Å². The molecule has 10 nitrogen and oxygen atoms in total. The molecular weight excluding hydrogens is 521 g/mol. The number of ether oxygens (including phenoxy) is 3. The van der Waals surface area contributed by atoms with E-state index < -0.39 is 33.9 Å². The summed E-state index contributed by atoms with van der Waals surface area (Å²) in [5.74, 6) is -0.717. The third kappa shape index (κ3) is 5.80. The zero-order valence-corrected chi connectivity index (χ0v) is 21.0. The Morgan fingerprint density at radius 1 is 1.14 bits per heavy atom. The van der Waals surface area contributed by atoms with Gasteiger partial charge in [-0.3, -0.25) is 9.59 Å². The topological polar surface area (TPSA) is 124 Å². The number of rotatable bonds is 6. The molecule has 0 spiro atoms. The van der Waals surface area contributed by atoms with Gasteiger partial charge in [-0.2, -0.15) is 4.31 Å². The minimum absolute atomic E-state index is 0.0987. The highest BCUT2D eigenvalue weighted by molar-refractivity contribution is 7.89. The first kappa shape index (κ1) is 25.5. The second kappa shape index (κ2) is 10.6. The van der Waals surface area contributed by atoms with Gasteiger partial charge in [0.25, 0.3) is 5.91 Å². The van der Waals surface area contributed by atoms with E-state index in [1.807, 2.05) is 0 Å². The number of carbonyl (C=O) groups excluding carboxylic acids is 2. The zero-order chi connectivity index (χ0) is 25.2. The van der Waals surface area contributed by atoms with Crippen LogP contribution < -0.4 is 14.8 Å². The Morgan fingerprint density at radius 3 is 2.51 bits per heavy atom. The lowest BCUT2D eigenvalue weighted by atomic mass is 9.98. The average molecular weight is 544 g/mol. The molecule has 2 aliphatic rings. The molecule has 1 amide bonds. The van der Waals surface area contributed by atoms with Crippen LogP contribution in [0.3, 0.4) is 0 Å². The lowest BCUT2D eigenvalue weighted by Crippen LogP contribution is -2.41. The molecule has 13 heteroatoms. The minimum atomic E-state index is -3.77. The number of nitrogens with one attached hydrogen (secondary N) is 1. The van der Waals surface area contributed by atoms with Crippen molar-refractivity contribution >= 4 is 50.9 Å². The van der Waals surface area contributed by atoms with Crippen molar-refractivity contribution in [2.75, 3.05) is 31.6 Å². The quantitative estimate of drug-likeness (QED) is 0.551. The highest BCUT2D eigenvalue weighted by atomic mass is 35.5. The Morgan fingerprint density at radius 2 is 1.83 bits per heavy atom. The van der Waals surface area contributed by atoms with Crippen LogP contribution in [0.1, 0.15) is 19.8 Å². The number of pyridine rings is 1. The van der Waals surface area contributed by atoms with Gasteiger partial charge in [-0.25, -0.2) is 13.4 Å². The Hall–Kier alpha value is -2.60. The fraction of sp³-hybridized carbons (Fsp3) is 0.409. The summed E-state index contributed by atoms with van der Waals surface area (Å²) in [6.45, 7) is 2.47. The van der Waals surface area contributed by atoms with Crippen molar-refractivity contribution in [2.24, 2.45) is 5.92 Å². The number of fused-ring (bicyclic) bond motifs is 1. The molecule has 4 rings (SSSR count). The number of amides is 1. The van der Waals surface area contributed by atoms with Crippen molar-refractivity contribution in [1.29, 1.82) is 0 Å². The van der Waals surface area contributed by atoms with E-state index >= 15 is 0 Å². The van der Waals surface area contributed by atoms with Crippen LogP contribution in [-0.2, 0) is 24.3 Å². The van der Waals surface area contributed by atoms with E-state index in [9.17, 15) is 18.0 Å². The number of halogens is 2. The van der Waals surface area contributed by atoms with E-state index in [1.54, 1.807) is 6.07 Å². The average Bonchev–Trinajstić information content (AvgIpc) is 2.85. The molecule has 2 aliphatic heterocycles. The molecule has 1 N–H and O–H groups in total. The van der Waals surface area contributed by atoms with Crippen LogP contribution in [-0.4, -0.2) is 62.0 Å². The largest absolute Gasteiger partial charge is 0.486 e. The van der Waals surface area contributed by atoms with Gasteiger partial charge >= 0.3 is 5.97 Å². The van der Waals surface area contributed by atoms with Crippen LogP contribution in [0.2, 0.25) is 10.0 Å². The van der Waals surface area contributed by atoms with E-state index in [2.05, 4.69) is 10.3 Å². The van der Waals surface area contributed by atoms with E-state index in [4.69, 9.17) is 37.4 Å². The minimum Gasteiger partial charge on any atom is -0.486 e. The van der Waals surface area contributed by atoms with Gasteiger partial charge in [-0.15, -0.1) is 0 Å². The van der Waals surface area contributed by atoms with Crippen LogP contribution in [0.5, 0.6) is 11.5 Å². The second-order valence-corrected chi connectivity index (χ2v) is 10.8. The van der Waals surface area contributed by atoms with Gasteiger partial charge in [0.1, 0.15) is 13.2 Å². The van der Waals surface area contributed by atoms with Crippen molar-refractivity contribution in [1.82, 2.24) is 9.29 Å². The maximum Gasteiger partial charge on any atom is 0.309 e. The number of anilines is 1. The lowest BCUT2D eigenvalue weighted by Gasteiger charge is -2.30. The molecule has 35 heavy (non-hydrogen) atoms. The number of hydrogen-bond acceptors (Lipinski definition) is 8.